The number of rotatable bonds is 5. The topological polar surface area (TPSA) is 68.0 Å². The molecule has 0 radical (unpaired) electrons. The number of carbonyl (C=O) groups is 1. The van der Waals surface area contributed by atoms with Crippen molar-refractivity contribution in [3.05, 3.63) is 24.0 Å². The van der Waals surface area contributed by atoms with Crippen LogP contribution >= 0.6 is 23.1 Å². The Morgan fingerprint density at radius 3 is 2.58 bits per heavy atom. The van der Waals surface area contributed by atoms with Crippen LogP contribution in [0.1, 0.15) is 59.1 Å². The van der Waals surface area contributed by atoms with Crippen LogP contribution < -0.4 is 5.32 Å². The first-order chi connectivity index (χ1) is 11.2. The zero-order valence-corrected chi connectivity index (χ0v) is 16.3. The monoisotopic (exact) mass is 365 g/mol. The molecule has 1 amide bonds. The van der Waals surface area contributed by atoms with Gasteiger partial charge in [0.25, 0.3) is 0 Å². The molecule has 2 aromatic rings. The molecule has 2 heterocycles. The highest BCUT2D eigenvalue weighted by Crippen LogP contribution is 2.60. The molecule has 0 atom stereocenters. The molecule has 5 nitrogen and oxygen atoms in total. The zero-order valence-electron chi connectivity index (χ0n) is 14.7. The Hall–Kier alpha value is -1.34. The van der Waals surface area contributed by atoms with Gasteiger partial charge in [-0.1, -0.05) is 57.7 Å². The fourth-order valence-electron chi connectivity index (χ4n) is 2.11. The molecular formula is C17H23N3O2S2. The third-order valence-corrected chi connectivity index (χ3v) is 6.36. The first kappa shape index (κ1) is 17.5. The maximum Gasteiger partial charge on any atom is 0.228 e. The largest absolute Gasteiger partial charge is 0.444 e. The molecule has 0 saturated heterocycles. The van der Waals surface area contributed by atoms with Crippen LogP contribution in [0.25, 0.3) is 0 Å². The van der Waals surface area contributed by atoms with E-state index in [-0.39, 0.29) is 22.0 Å². The van der Waals surface area contributed by atoms with Gasteiger partial charge in [-0.2, -0.15) is 0 Å². The van der Waals surface area contributed by atoms with Crippen LogP contribution in [0, 0.1) is 5.92 Å². The first-order valence-electron chi connectivity index (χ1n) is 8.12. The highest BCUT2D eigenvalue weighted by Gasteiger charge is 2.50. The van der Waals surface area contributed by atoms with Crippen LogP contribution in [0.2, 0.25) is 0 Å². The number of amides is 1. The lowest BCUT2D eigenvalue weighted by Crippen LogP contribution is -2.17. The molecule has 0 aromatic carbocycles. The Bertz CT molecular complexity index is 739. The van der Waals surface area contributed by atoms with Crippen molar-refractivity contribution in [3.8, 4) is 0 Å². The number of hydrogen-bond acceptors (Lipinski definition) is 6. The summed E-state index contributed by atoms with van der Waals surface area (Å²) >= 11 is 3.24. The normalized spacial score (nSPS) is 16.4. The van der Waals surface area contributed by atoms with E-state index in [4.69, 9.17) is 4.42 Å². The zero-order chi connectivity index (χ0) is 17.5. The molecule has 2 aromatic heterocycles. The van der Waals surface area contributed by atoms with E-state index in [1.807, 2.05) is 26.2 Å². The van der Waals surface area contributed by atoms with Crippen molar-refractivity contribution in [1.29, 1.82) is 0 Å². The summed E-state index contributed by atoms with van der Waals surface area (Å²) in [5, 5.41) is 3.50. The van der Waals surface area contributed by atoms with Crippen molar-refractivity contribution in [3.63, 3.8) is 0 Å². The summed E-state index contributed by atoms with van der Waals surface area (Å²) < 4.78 is 7.03. The van der Waals surface area contributed by atoms with E-state index in [0.717, 1.165) is 28.7 Å². The summed E-state index contributed by atoms with van der Waals surface area (Å²) in [6, 6.07) is 0. The van der Waals surface area contributed by atoms with Gasteiger partial charge in [0, 0.05) is 11.3 Å². The van der Waals surface area contributed by atoms with E-state index in [9.17, 15) is 4.79 Å². The van der Waals surface area contributed by atoms with Crippen LogP contribution in [0.4, 0.5) is 5.13 Å². The minimum Gasteiger partial charge on any atom is -0.444 e. The molecule has 0 aliphatic heterocycles. The SMILES string of the molecule is CC(C)C(=O)Nc1ncc(SC2(c3ncc(C(C)(C)C)o3)CC2)s1. The lowest BCUT2D eigenvalue weighted by Gasteiger charge is -2.14. The van der Waals surface area contributed by atoms with Gasteiger partial charge in [0.05, 0.1) is 21.3 Å². The van der Waals surface area contributed by atoms with Gasteiger partial charge >= 0.3 is 0 Å². The van der Waals surface area contributed by atoms with Crippen molar-refractivity contribution in [1.82, 2.24) is 9.97 Å². The molecule has 1 N–H and O–H groups in total. The molecule has 1 aliphatic rings. The number of hydrogen-bond donors (Lipinski definition) is 1. The van der Waals surface area contributed by atoms with Gasteiger partial charge in [-0.25, -0.2) is 9.97 Å². The highest BCUT2D eigenvalue weighted by molar-refractivity contribution is 8.02. The number of nitrogens with zero attached hydrogens (tertiary/aromatic N) is 2. The summed E-state index contributed by atoms with van der Waals surface area (Å²) in [5.41, 5.74) is -0.0369. The lowest BCUT2D eigenvalue weighted by atomic mass is 9.94. The molecule has 1 fully saturated rings. The molecular weight excluding hydrogens is 342 g/mol. The van der Waals surface area contributed by atoms with Crippen molar-refractivity contribution >= 4 is 34.1 Å². The molecule has 1 aliphatic carbocycles. The van der Waals surface area contributed by atoms with Crippen molar-refractivity contribution in [2.75, 3.05) is 5.32 Å². The van der Waals surface area contributed by atoms with Crippen LogP contribution in [0.5, 0.6) is 0 Å². The van der Waals surface area contributed by atoms with Crippen LogP contribution in [-0.4, -0.2) is 15.9 Å². The third-order valence-electron chi connectivity index (χ3n) is 3.87. The lowest BCUT2D eigenvalue weighted by molar-refractivity contribution is -0.118. The Balaban J connectivity index is 1.71. The van der Waals surface area contributed by atoms with E-state index in [1.165, 1.54) is 11.3 Å². The summed E-state index contributed by atoms with van der Waals surface area (Å²) in [4.78, 5) is 20.6. The average Bonchev–Trinajstić information content (AvgIpc) is 2.91. The standard InChI is InChI=1S/C17H23N3O2S2/c1-10(2)13(21)20-15-19-9-12(23-15)24-17(6-7-17)14-18-8-11(22-14)16(3,4)5/h8-10H,6-7H2,1-5H3,(H,19,20,21). The van der Waals surface area contributed by atoms with Gasteiger partial charge in [0.15, 0.2) is 5.13 Å². The number of thioether (sulfide) groups is 1. The van der Waals surface area contributed by atoms with E-state index >= 15 is 0 Å². The average molecular weight is 366 g/mol. The predicted octanol–water partition coefficient (Wildman–Crippen LogP) is 4.80. The van der Waals surface area contributed by atoms with Gasteiger partial charge in [0.1, 0.15) is 5.76 Å². The van der Waals surface area contributed by atoms with Crippen molar-refractivity contribution in [2.24, 2.45) is 5.92 Å². The van der Waals surface area contributed by atoms with Crippen molar-refractivity contribution < 1.29 is 9.21 Å². The summed E-state index contributed by atoms with van der Waals surface area (Å²) in [6.07, 6.45) is 5.76. The predicted molar refractivity (Wildman–Crippen MR) is 97.6 cm³/mol. The molecule has 1 saturated carbocycles. The Morgan fingerprint density at radius 1 is 1.33 bits per heavy atom. The number of carbonyl (C=O) groups excluding carboxylic acids is 1. The van der Waals surface area contributed by atoms with Gasteiger partial charge in [-0.05, 0) is 12.8 Å². The van der Waals surface area contributed by atoms with Crippen LogP contribution in [0.15, 0.2) is 21.0 Å². The summed E-state index contributed by atoms with van der Waals surface area (Å²) in [6.45, 7) is 10.1. The molecule has 0 bridgehead atoms. The van der Waals surface area contributed by atoms with Gasteiger partial charge < -0.3 is 9.73 Å². The van der Waals surface area contributed by atoms with Gasteiger partial charge in [0.2, 0.25) is 11.8 Å². The summed E-state index contributed by atoms with van der Waals surface area (Å²) in [7, 11) is 0. The smallest absolute Gasteiger partial charge is 0.228 e. The van der Waals surface area contributed by atoms with E-state index in [2.05, 4.69) is 36.1 Å². The number of anilines is 1. The second kappa shape index (κ2) is 6.19. The minimum atomic E-state index is -0.0740. The fourth-order valence-corrected chi connectivity index (χ4v) is 4.52. The maximum absolute atomic E-state index is 11.8. The fraction of sp³-hybridized carbons (Fsp3) is 0.588. The third kappa shape index (κ3) is 3.67. The molecule has 0 spiro atoms. The Morgan fingerprint density at radius 2 is 2.04 bits per heavy atom. The summed E-state index contributed by atoms with van der Waals surface area (Å²) in [5.74, 6) is 1.66. The van der Waals surface area contributed by atoms with Crippen LogP contribution in [0.3, 0.4) is 0 Å². The van der Waals surface area contributed by atoms with Crippen LogP contribution in [-0.2, 0) is 15.0 Å². The van der Waals surface area contributed by atoms with Gasteiger partial charge in [-0.15, -0.1) is 0 Å². The molecule has 0 unspecified atom stereocenters. The quantitative estimate of drug-likeness (QED) is 0.824. The Labute approximate surface area is 150 Å². The number of nitrogens with one attached hydrogen (secondary N) is 1. The second-order valence-corrected chi connectivity index (χ2v) is 10.2. The van der Waals surface area contributed by atoms with E-state index in [0.29, 0.717) is 5.13 Å². The van der Waals surface area contributed by atoms with Gasteiger partial charge in [-0.3, -0.25) is 4.79 Å². The number of oxazole rings is 1. The molecule has 130 valence electrons. The molecule has 24 heavy (non-hydrogen) atoms. The molecule has 3 rings (SSSR count). The highest BCUT2D eigenvalue weighted by atomic mass is 32.2. The minimum absolute atomic E-state index is 0.00967. The van der Waals surface area contributed by atoms with E-state index < -0.39 is 0 Å². The van der Waals surface area contributed by atoms with Crippen molar-refractivity contribution in [2.45, 2.75) is 61.8 Å². The van der Waals surface area contributed by atoms with E-state index in [1.54, 1.807) is 11.8 Å². The Kier molecular flexibility index (Phi) is 4.51. The maximum atomic E-state index is 11.8. The number of thiazole rings is 1. The molecule has 7 heteroatoms. The number of aromatic nitrogens is 2. The second-order valence-electron chi connectivity index (χ2n) is 7.50. The first-order valence-corrected chi connectivity index (χ1v) is 9.75.